The Morgan fingerprint density at radius 2 is 2.20 bits per heavy atom. The summed E-state index contributed by atoms with van der Waals surface area (Å²) in [5.41, 5.74) is 0.363. The highest BCUT2D eigenvalue weighted by Gasteiger charge is 2.40. The fourth-order valence-electron chi connectivity index (χ4n) is 1.77. The summed E-state index contributed by atoms with van der Waals surface area (Å²) in [6.07, 6.45) is 5.11. The quantitative estimate of drug-likeness (QED) is 0.727. The van der Waals surface area contributed by atoms with Gasteiger partial charge in [0.15, 0.2) is 0 Å². The Kier molecular flexibility index (Phi) is 4.14. The zero-order chi connectivity index (χ0) is 11.3. The van der Waals surface area contributed by atoms with Crippen molar-refractivity contribution in [1.82, 2.24) is 5.32 Å². The highest BCUT2D eigenvalue weighted by Crippen LogP contribution is 2.47. The van der Waals surface area contributed by atoms with Gasteiger partial charge >= 0.3 is 0 Å². The van der Waals surface area contributed by atoms with Crippen molar-refractivity contribution in [2.45, 2.75) is 46.0 Å². The van der Waals surface area contributed by atoms with Gasteiger partial charge in [-0.1, -0.05) is 20.3 Å². The average molecular weight is 208 g/mol. The van der Waals surface area contributed by atoms with Gasteiger partial charge in [0.05, 0.1) is 6.07 Å². The molecule has 0 aliphatic heterocycles. The maximum atomic E-state index is 11.6. The van der Waals surface area contributed by atoms with Crippen LogP contribution in [0.1, 0.15) is 46.0 Å². The monoisotopic (exact) mass is 208 g/mol. The maximum Gasteiger partial charge on any atom is 0.237 e. The van der Waals surface area contributed by atoms with Crippen LogP contribution in [0.5, 0.6) is 0 Å². The zero-order valence-corrected chi connectivity index (χ0v) is 9.68. The standard InChI is InChI=1S/C12H20N2O/c1-3-5-10(8-13)11(15)14-9-12(4-2)6-7-12/h10H,3-7,9H2,1-2H3,(H,14,15). The van der Waals surface area contributed by atoms with Crippen LogP contribution < -0.4 is 5.32 Å². The van der Waals surface area contributed by atoms with E-state index in [-0.39, 0.29) is 5.91 Å². The second kappa shape index (κ2) is 5.16. The van der Waals surface area contributed by atoms with Gasteiger partial charge in [0, 0.05) is 6.54 Å². The number of hydrogen-bond donors (Lipinski definition) is 1. The molecule has 1 atom stereocenters. The molecule has 15 heavy (non-hydrogen) atoms. The smallest absolute Gasteiger partial charge is 0.237 e. The van der Waals surface area contributed by atoms with E-state index in [2.05, 4.69) is 18.3 Å². The lowest BCUT2D eigenvalue weighted by Crippen LogP contribution is -2.34. The third kappa shape index (κ3) is 3.23. The summed E-state index contributed by atoms with van der Waals surface area (Å²) in [4.78, 5) is 11.6. The summed E-state index contributed by atoms with van der Waals surface area (Å²) >= 11 is 0. The van der Waals surface area contributed by atoms with Crippen molar-refractivity contribution in [2.24, 2.45) is 11.3 Å². The molecule has 0 saturated heterocycles. The van der Waals surface area contributed by atoms with Crippen LogP contribution in [0.25, 0.3) is 0 Å². The summed E-state index contributed by atoms with van der Waals surface area (Å²) in [5.74, 6) is -0.540. The number of hydrogen-bond acceptors (Lipinski definition) is 2. The van der Waals surface area contributed by atoms with E-state index >= 15 is 0 Å². The molecule has 0 aromatic heterocycles. The van der Waals surface area contributed by atoms with Gasteiger partial charge in [-0.05, 0) is 31.1 Å². The lowest BCUT2D eigenvalue weighted by molar-refractivity contribution is -0.123. The third-order valence-electron chi connectivity index (χ3n) is 3.39. The van der Waals surface area contributed by atoms with E-state index in [1.807, 2.05) is 6.92 Å². The van der Waals surface area contributed by atoms with Gasteiger partial charge in [0.25, 0.3) is 0 Å². The first-order valence-electron chi connectivity index (χ1n) is 5.85. The van der Waals surface area contributed by atoms with Crippen LogP contribution in [0.3, 0.4) is 0 Å². The molecule has 1 amide bonds. The molecule has 3 nitrogen and oxygen atoms in total. The van der Waals surface area contributed by atoms with E-state index in [4.69, 9.17) is 5.26 Å². The number of nitrogens with one attached hydrogen (secondary N) is 1. The van der Waals surface area contributed by atoms with Gasteiger partial charge in [-0.25, -0.2) is 0 Å². The summed E-state index contributed by atoms with van der Waals surface area (Å²) in [6, 6.07) is 2.07. The average Bonchev–Trinajstić information content (AvgIpc) is 3.03. The fourth-order valence-corrected chi connectivity index (χ4v) is 1.77. The Morgan fingerprint density at radius 3 is 2.60 bits per heavy atom. The SMILES string of the molecule is CCCC(C#N)C(=O)NCC1(CC)CC1. The molecule has 0 spiro atoms. The van der Waals surface area contributed by atoms with Crippen LogP contribution >= 0.6 is 0 Å². The Morgan fingerprint density at radius 1 is 1.53 bits per heavy atom. The van der Waals surface area contributed by atoms with Gasteiger partial charge in [0.1, 0.15) is 5.92 Å². The van der Waals surface area contributed by atoms with Crippen molar-refractivity contribution >= 4 is 5.91 Å². The van der Waals surface area contributed by atoms with E-state index in [1.165, 1.54) is 12.8 Å². The molecule has 1 rings (SSSR count). The van der Waals surface area contributed by atoms with Crippen LogP contribution in [0.4, 0.5) is 0 Å². The van der Waals surface area contributed by atoms with Crippen molar-refractivity contribution in [1.29, 1.82) is 5.26 Å². The molecule has 1 saturated carbocycles. The molecule has 1 aliphatic rings. The van der Waals surface area contributed by atoms with Crippen LogP contribution in [0, 0.1) is 22.7 Å². The topological polar surface area (TPSA) is 52.9 Å². The number of carbonyl (C=O) groups excluding carboxylic acids is 1. The van der Waals surface area contributed by atoms with Crippen LogP contribution in [-0.2, 0) is 4.79 Å². The molecule has 1 aliphatic carbocycles. The van der Waals surface area contributed by atoms with Crippen molar-refractivity contribution in [2.75, 3.05) is 6.54 Å². The largest absolute Gasteiger partial charge is 0.354 e. The Labute approximate surface area is 91.9 Å². The van der Waals surface area contributed by atoms with Crippen molar-refractivity contribution < 1.29 is 4.79 Å². The Hall–Kier alpha value is -1.04. The lowest BCUT2D eigenvalue weighted by Gasteiger charge is -2.15. The van der Waals surface area contributed by atoms with Gasteiger partial charge in [-0.2, -0.15) is 5.26 Å². The van der Waals surface area contributed by atoms with E-state index in [1.54, 1.807) is 0 Å². The molecular weight excluding hydrogens is 188 g/mol. The second-order valence-electron chi connectivity index (χ2n) is 4.54. The van der Waals surface area contributed by atoms with Crippen molar-refractivity contribution in [3.05, 3.63) is 0 Å². The van der Waals surface area contributed by atoms with E-state index in [0.717, 1.165) is 19.4 Å². The normalized spacial score (nSPS) is 19.0. The summed E-state index contributed by atoms with van der Waals surface area (Å²) in [6.45, 7) is 4.91. The minimum atomic E-state index is -0.456. The first kappa shape index (κ1) is 12.0. The highest BCUT2D eigenvalue weighted by molar-refractivity contribution is 5.81. The number of rotatable bonds is 6. The van der Waals surface area contributed by atoms with Gasteiger partial charge in [0.2, 0.25) is 5.91 Å². The van der Waals surface area contributed by atoms with Gasteiger partial charge < -0.3 is 5.32 Å². The van der Waals surface area contributed by atoms with Crippen LogP contribution in [-0.4, -0.2) is 12.5 Å². The summed E-state index contributed by atoms with van der Waals surface area (Å²) < 4.78 is 0. The predicted molar refractivity (Wildman–Crippen MR) is 59.0 cm³/mol. The van der Waals surface area contributed by atoms with E-state index < -0.39 is 5.92 Å². The Bertz CT molecular complexity index is 263. The summed E-state index contributed by atoms with van der Waals surface area (Å²) in [7, 11) is 0. The van der Waals surface area contributed by atoms with Crippen LogP contribution in [0.15, 0.2) is 0 Å². The predicted octanol–water partition coefficient (Wildman–Crippen LogP) is 2.23. The second-order valence-corrected chi connectivity index (χ2v) is 4.54. The number of nitrogens with zero attached hydrogens (tertiary/aromatic N) is 1. The number of amides is 1. The number of carbonyl (C=O) groups is 1. The minimum Gasteiger partial charge on any atom is -0.354 e. The molecule has 84 valence electrons. The molecule has 0 heterocycles. The summed E-state index contributed by atoms with van der Waals surface area (Å²) in [5, 5.41) is 11.7. The lowest BCUT2D eigenvalue weighted by atomic mass is 10.0. The molecule has 3 heteroatoms. The van der Waals surface area contributed by atoms with E-state index in [0.29, 0.717) is 11.8 Å². The molecule has 0 bridgehead atoms. The fraction of sp³-hybridized carbons (Fsp3) is 0.833. The molecule has 1 N–H and O–H groups in total. The minimum absolute atomic E-state index is 0.0842. The van der Waals surface area contributed by atoms with E-state index in [9.17, 15) is 4.79 Å². The first-order chi connectivity index (χ1) is 7.17. The first-order valence-corrected chi connectivity index (χ1v) is 5.85. The zero-order valence-electron chi connectivity index (χ0n) is 9.68. The molecule has 0 aromatic carbocycles. The van der Waals surface area contributed by atoms with Crippen molar-refractivity contribution in [3.8, 4) is 6.07 Å². The maximum absolute atomic E-state index is 11.6. The van der Waals surface area contributed by atoms with Crippen molar-refractivity contribution in [3.63, 3.8) is 0 Å². The number of nitriles is 1. The molecule has 0 radical (unpaired) electrons. The Balaban J connectivity index is 2.32. The van der Waals surface area contributed by atoms with Gasteiger partial charge in [-0.3, -0.25) is 4.79 Å². The third-order valence-corrected chi connectivity index (χ3v) is 3.39. The molecular formula is C12H20N2O. The molecule has 1 fully saturated rings. The molecule has 1 unspecified atom stereocenters. The molecule has 0 aromatic rings. The van der Waals surface area contributed by atoms with Crippen LogP contribution in [0.2, 0.25) is 0 Å². The van der Waals surface area contributed by atoms with Gasteiger partial charge in [-0.15, -0.1) is 0 Å². The highest BCUT2D eigenvalue weighted by atomic mass is 16.1.